The average molecular weight is 309 g/mol. The summed E-state index contributed by atoms with van der Waals surface area (Å²) >= 11 is 0. The molecule has 0 atom stereocenters. The molecule has 0 saturated carbocycles. The van der Waals surface area contributed by atoms with E-state index in [-0.39, 0.29) is 17.9 Å². The van der Waals surface area contributed by atoms with Gasteiger partial charge in [0, 0.05) is 5.56 Å². The van der Waals surface area contributed by atoms with Crippen molar-refractivity contribution in [2.75, 3.05) is 0 Å². The predicted octanol–water partition coefficient (Wildman–Crippen LogP) is 2.54. The molecule has 0 spiro atoms. The van der Waals surface area contributed by atoms with Crippen LogP contribution in [-0.4, -0.2) is 15.6 Å². The molecule has 5 nitrogen and oxygen atoms in total. The Labute approximate surface area is 135 Å². The first-order valence-electron chi connectivity index (χ1n) is 7.35. The van der Waals surface area contributed by atoms with Gasteiger partial charge in [0.25, 0.3) is 5.56 Å². The second kappa shape index (κ2) is 6.17. The van der Waals surface area contributed by atoms with Gasteiger partial charge in [0.1, 0.15) is 18.2 Å². The third-order valence-corrected chi connectivity index (χ3v) is 4.18. The van der Waals surface area contributed by atoms with Crippen LogP contribution in [0.15, 0.2) is 16.9 Å². The molecular formula is C18H19N3O2. The molecule has 0 fully saturated rings. The molecule has 0 aliphatic heterocycles. The molecule has 0 amide bonds. The number of Topliss-reactive ketones (excluding diaryl/α,β-unsaturated/α-hetero) is 1. The summed E-state index contributed by atoms with van der Waals surface area (Å²) in [5.41, 5.74) is 4.25. The summed E-state index contributed by atoms with van der Waals surface area (Å²) in [6, 6.07) is 5.70. The van der Waals surface area contributed by atoms with E-state index in [0.717, 1.165) is 21.4 Å². The maximum absolute atomic E-state index is 12.6. The molecule has 2 rings (SSSR count). The molecule has 0 N–H and O–H groups in total. The number of nitriles is 1. The van der Waals surface area contributed by atoms with Crippen molar-refractivity contribution in [1.82, 2.24) is 9.78 Å². The number of carbonyl (C=O) groups excluding carboxylic acids is 1. The van der Waals surface area contributed by atoms with Gasteiger partial charge < -0.3 is 0 Å². The van der Waals surface area contributed by atoms with Crippen LogP contribution in [0.3, 0.4) is 0 Å². The number of hydrogen-bond donors (Lipinski definition) is 0. The zero-order valence-electron chi connectivity index (χ0n) is 14.0. The van der Waals surface area contributed by atoms with Crippen LogP contribution in [-0.2, 0) is 6.54 Å². The van der Waals surface area contributed by atoms with E-state index in [4.69, 9.17) is 5.26 Å². The van der Waals surface area contributed by atoms with Gasteiger partial charge in [0.15, 0.2) is 5.78 Å². The zero-order chi connectivity index (χ0) is 17.3. The Balaban J connectivity index is 2.47. The highest BCUT2D eigenvalue weighted by Crippen LogP contribution is 2.16. The molecule has 1 heterocycles. The quantitative estimate of drug-likeness (QED) is 0.816. The minimum Gasteiger partial charge on any atom is -0.292 e. The van der Waals surface area contributed by atoms with Crippen molar-refractivity contribution in [3.05, 3.63) is 61.6 Å². The lowest BCUT2D eigenvalue weighted by Gasteiger charge is -2.11. The van der Waals surface area contributed by atoms with Crippen LogP contribution >= 0.6 is 0 Å². The number of rotatable bonds is 3. The number of aryl methyl sites for hydroxylation is 4. The van der Waals surface area contributed by atoms with Gasteiger partial charge >= 0.3 is 0 Å². The molecular weight excluding hydrogens is 290 g/mol. The van der Waals surface area contributed by atoms with Gasteiger partial charge in [-0.05, 0) is 62.9 Å². The molecule has 0 aliphatic carbocycles. The maximum atomic E-state index is 12.6. The van der Waals surface area contributed by atoms with Gasteiger partial charge in [-0.3, -0.25) is 9.59 Å². The molecule has 0 radical (unpaired) electrons. The number of aromatic nitrogens is 2. The molecule has 0 aliphatic rings. The predicted molar refractivity (Wildman–Crippen MR) is 87.7 cm³/mol. The number of benzene rings is 1. The zero-order valence-corrected chi connectivity index (χ0v) is 14.0. The Kier molecular flexibility index (Phi) is 4.46. The van der Waals surface area contributed by atoms with Gasteiger partial charge in [-0.25, -0.2) is 4.68 Å². The van der Waals surface area contributed by atoms with Crippen molar-refractivity contribution in [2.45, 2.75) is 41.2 Å². The van der Waals surface area contributed by atoms with Crippen LogP contribution in [0, 0.1) is 45.9 Å². The summed E-state index contributed by atoms with van der Waals surface area (Å²) in [5, 5.41) is 13.3. The van der Waals surface area contributed by atoms with E-state index < -0.39 is 5.56 Å². The van der Waals surface area contributed by atoms with Gasteiger partial charge in [0.2, 0.25) is 0 Å². The van der Waals surface area contributed by atoms with Gasteiger partial charge in [-0.1, -0.05) is 6.07 Å². The maximum Gasteiger partial charge on any atom is 0.285 e. The Morgan fingerprint density at radius 3 is 2.35 bits per heavy atom. The van der Waals surface area contributed by atoms with Crippen LogP contribution < -0.4 is 5.56 Å². The van der Waals surface area contributed by atoms with E-state index in [2.05, 4.69) is 5.10 Å². The van der Waals surface area contributed by atoms with E-state index in [1.54, 1.807) is 13.8 Å². The molecule has 1 aromatic heterocycles. The van der Waals surface area contributed by atoms with Crippen molar-refractivity contribution in [3.63, 3.8) is 0 Å². The van der Waals surface area contributed by atoms with Crippen molar-refractivity contribution in [1.29, 1.82) is 5.26 Å². The standard InChI is InChI=1S/C18H19N3O2/c1-10-6-12(3)15(7-11(10)2)17(22)9-21-18(23)16(8-19)13(4)14(5)20-21/h6-7H,9H2,1-5H3. The smallest absolute Gasteiger partial charge is 0.285 e. The van der Waals surface area contributed by atoms with Gasteiger partial charge in [-0.2, -0.15) is 10.4 Å². The lowest BCUT2D eigenvalue weighted by molar-refractivity contribution is 0.0964. The third-order valence-electron chi connectivity index (χ3n) is 4.18. The van der Waals surface area contributed by atoms with E-state index in [1.165, 1.54) is 0 Å². The first kappa shape index (κ1) is 16.6. The van der Waals surface area contributed by atoms with E-state index in [1.807, 2.05) is 39.0 Å². The van der Waals surface area contributed by atoms with Gasteiger partial charge in [-0.15, -0.1) is 0 Å². The Hall–Kier alpha value is -2.74. The lowest BCUT2D eigenvalue weighted by atomic mass is 9.98. The fourth-order valence-electron chi connectivity index (χ4n) is 2.49. The highest BCUT2D eigenvalue weighted by atomic mass is 16.1. The van der Waals surface area contributed by atoms with Crippen LogP contribution in [0.25, 0.3) is 0 Å². The first-order valence-corrected chi connectivity index (χ1v) is 7.35. The van der Waals surface area contributed by atoms with Crippen molar-refractivity contribution >= 4 is 5.78 Å². The summed E-state index contributed by atoms with van der Waals surface area (Å²) in [6.45, 7) is 9.04. The second-order valence-electron chi connectivity index (χ2n) is 5.83. The second-order valence-corrected chi connectivity index (χ2v) is 5.83. The fraction of sp³-hybridized carbons (Fsp3) is 0.333. The van der Waals surface area contributed by atoms with Crippen LogP contribution in [0.2, 0.25) is 0 Å². The molecule has 0 bridgehead atoms. The molecule has 0 saturated heterocycles. The van der Waals surface area contributed by atoms with Crippen LogP contribution in [0.4, 0.5) is 0 Å². The topological polar surface area (TPSA) is 75.8 Å². The summed E-state index contributed by atoms with van der Waals surface area (Å²) in [5.74, 6) is -0.188. The van der Waals surface area contributed by atoms with Crippen LogP contribution in [0.1, 0.15) is 43.9 Å². The van der Waals surface area contributed by atoms with E-state index >= 15 is 0 Å². The highest BCUT2D eigenvalue weighted by Gasteiger charge is 2.16. The number of nitrogens with zero attached hydrogens (tertiary/aromatic N) is 3. The summed E-state index contributed by atoms with van der Waals surface area (Å²) < 4.78 is 1.08. The fourth-order valence-corrected chi connectivity index (χ4v) is 2.49. The molecule has 1 aromatic carbocycles. The minimum atomic E-state index is -0.523. The van der Waals surface area contributed by atoms with Crippen molar-refractivity contribution < 1.29 is 4.79 Å². The summed E-state index contributed by atoms with van der Waals surface area (Å²) in [6.07, 6.45) is 0. The minimum absolute atomic E-state index is 0.0436. The molecule has 118 valence electrons. The summed E-state index contributed by atoms with van der Waals surface area (Å²) in [7, 11) is 0. The largest absolute Gasteiger partial charge is 0.292 e. The number of hydrogen-bond acceptors (Lipinski definition) is 4. The Bertz CT molecular complexity index is 902. The summed E-state index contributed by atoms with van der Waals surface area (Å²) in [4.78, 5) is 24.8. The third kappa shape index (κ3) is 3.07. The molecule has 5 heteroatoms. The lowest BCUT2D eigenvalue weighted by Crippen LogP contribution is -2.30. The average Bonchev–Trinajstić information content (AvgIpc) is 2.49. The SMILES string of the molecule is Cc1cc(C)c(C(=O)Cn2nc(C)c(C)c(C#N)c2=O)cc1C. The number of ketones is 1. The molecule has 0 unspecified atom stereocenters. The first-order chi connectivity index (χ1) is 10.8. The van der Waals surface area contributed by atoms with Crippen molar-refractivity contribution in [2.24, 2.45) is 0 Å². The van der Waals surface area contributed by atoms with Crippen LogP contribution in [0.5, 0.6) is 0 Å². The molecule has 23 heavy (non-hydrogen) atoms. The van der Waals surface area contributed by atoms with Crippen molar-refractivity contribution in [3.8, 4) is 6.07 Å². The van der Waals surface area contributed by atoms with E-state index in [9.17, 15) is 9.59 Å². The Morgan fingerprint density at radius 2 is 1.74 bits per heavy atom. The van der Waals surface area contributed by atoms with Gasteiger partial charge in [0.05, 0.1) is 5.69 Å². The number of carbonyl (C=O) groups is 1. The van der Waals surface area contributed by atoms with E-state index in [0.29, 0.717) is 16.8 Å². The Morgan fingerprint density at radius 1 is 1.13 bits per heavy atom. The normalized spacial score (nSPS) is 10.4. The highest BCUT2D eigenvalue weighted by molar-refractivity contribution is 5.97. The molecule has 2 aromatic rings. The monoisotopic (exact) mass is 309 g/mol.